The molecule has 5 heteroatoms. The van der Waals surface area contributed by atoms with Crippen molar-refractivity contribution >= 4 is 28.5 Å². The Morgan fingerprint density at radius 3 is 3.00 bits per heavy atom. The number of hydrogen-bond acceptors (Lipinski definition) is 5. The Hall–Kier alpha value is -1.30. The van der Waals surface area contributed by atoms with Gasteiger partial charge in [-0.25, -0.2) is 10.8 Å². The fourth-order valence-corrected chi connectivity index (χ4v) is 2.79. The fourth-order valence-electron chi connectivity index (χ4n) is 1.88. The molecule has 0 radical (unpaired) electrons. The first kappa shape index (κ1) is 14.1. The summed E-state index contributed by atoms with van der Waals surface area (Å²) in [4.78, 5) is 4.53. The fraction of sp³-hybridized carbons (Fsp3) is 0.357. The average Bonchev–Trinajstić information content (AvgIpc) is 2.46. The first-order chi connectivity index (χ1) is 9.35. The van der Waals surface area contributed by atoms with Gasteiger partial charge in [-0.05, 0) is 24.3 Å². The van der Waals surface area contributed by atoms with Crippen molar-refractivity contribution in [3.8, 4) is 0 Å². The lowest BCUT2D eigenvalue weighted by Crippen LogP contribution is -2.11. The molecule has 0 saturated carbocycles. The minimum Gasteiger partial charge on any atom is -0.385 e. The van der Waals surface area contributed by atoms with Gasteiger partial charge in [-0.1, -0.05) is 18.2 Å². The highest BCUT2D eigenvalue weighted by Gasteiger charge is 2.05. The second-order valence-corrected chi connectivity index (χ2v) is 5.34. The molecule has 0 saturated heterocycles. The molecule has 1 heterocycles. The highest BCUT2D eigenvalue weighted by Crippen LogP contribution is 2.24. The number of para-hydroxylation sites is 1. The van der Waals surface area contributed by atoms with E-state index in [0.29, 0.717) is 0 Å². The SMILES string of the molecule is COCCCSCc1cc2ccccc2nc1NN. The van der Waals surface area contributed by atoms with Crippen molar-refractivity contribution in [3.05, 3.63) is 35.9 Å². The average molecular weight is 277 g/mol. The number of thioether (sulfide) groups is 1. The summed E-state index contributed by atoms with van der Waals surface area (Å²) in [6.45, 7) is 0.810. The molecule has 2 aromatic rings. The smallest absolute Gasteiger partial charge is 0.144 e. The van der Waals surface area contributed by atoms with Gasteiger partial charge in [0, 0.05) is 30.4 Å². The van der Waals surface area contributed by atoms with E-state index < -0.39 is 0 Å². The van der Waals surface area contributed by atoms with Crippen LogP contribution in [0.1, 0.15) is 12.0 Å². The zero-order valence-electron chi connectivity index (χ0n) is 11.1. The van der Waals surface area contributed by atoms with E-state index in [4.69, 9.17) is 10.6 Å². The Balaban J connectivity index is 2.08. The summed E-state index contributed by atoms with van der Waals surface area (Å²) >= 11 is 1.87. The van der Waals surface area contributed by atoms with Gasteiger partial charge < -0.3 is 10.2 Å². The Morgan fingerprint density at radius 2 is 2.21 bits per heavy atom. The third-order valence-electron chi connectivity index (χ3n) is 2.83. The number of ether oxygens (including phenoxy) is 1. The molecule has 0 bridgehead atoms. The van der Waals surface area contributed by atoms with Crippen molar-refractivity contribution in [1.29, 1.82) is 0 Å². The first-order valence-corrected chi connectivity index (χ1v) is 7.42. The lowest BCUT2D eigenvalue weighted by Gasteiger charge is -2.09. The second kappa shape index (κ2) is 7.33. The number of anilines is 1. The predicted octanol–water partition coefficient (Wildman–Crippen LogP) is 2.79. The monoisotopic (exact) mass is 277 g/mol. The molecule has 0 atom stereocenters. The van der Waals surface area contributed by atoms with Crippen molar-refractivity contribution in [1.82, 2.24) is 4.98 Å². The molecule has 0 aliphatic rings. The third-order valence-corrected chi connectivity index (χ3v) is 3.93. The van der Waals surface area contributed by atoms with Crippen LogP contribution in [0.25, 0.3) is 10.9 Å². The van der Waals surface area contributed by atoms with Crippen LogP contribution in [0.2, 0.25) is 0 Å². The number of fused-ring (bicyclic) bond motifs is 1. The van der Waals surface area contributed by atoms with Gasteiger partial charge in [0.2, 0.25) is 0 Å². The van der Waals surface area contributed by atoms with Crippen LogP contribution in [0.4, 0.5) is 5.82 Å². The van der Waals surface area contributed by atoms with E-state index in [1.165, 1.54) is 0 Å². The maximum atomic E-state index is 5.55. The Labute approximate surface area is 117 Å². The molecule has 0 spiro atoms. The number of pyridine rings is 1. The van der Waals surface area contributed by atoms with Gasteiger partial charge in [0.1, 0.15) is 5.82 Å². The van der Waals surface area contributed by atoms with Crippen LogP contribution < -0.4 is 11.3 Å². The Morgan fingerprint density at radius 1 is 1.37 bits per heavy atom. The molecule has 0 unspecified atom stereocenters. The molecule has 1 aromatic heterocycles. The number of benzene rings is 1. The Bertz CT molecular complexity index is 533. The summed E-state index contributed by atoms with van der Waals surface area (Å²) in [6.07, 6.45) is 1.06. The molecule has 3 N–H and O–H groups in total. The second-order valence-electron chi connectivity index (χ2n) is 4.23. The zero-order valence-corrected chi connectivity index (χ0v) is 11.9. The van der Waals surface area contributed by atoms with Gasteiger partial charge in [0.15, 0.2) is 0 Å². The van der Waals surface area contributed by atoms with Crippen LogP contribution in [0.3, 0.4) is 0 Å². The normalized spacial score (nSPS) is 10.8. The lowest BCUT2D eigenvalue weighted by molar-refractivity contribution is 0.200. The molecule has 0 aliphatic heterocycles. The number of hydrogen-bond donors (Lipinski definition) is 2. The quantitative estimate of drug-likeness (QED) is 0.463. The van der Waals surface area contributed by atoms with E-state index in [1.54, 1.807) is 7.11 Å². The molecule has 4 nitrogen and oxygen atoms in total. The van der Waals surface area contributed by atoms with E-state index in [2.05, 4.69) is 22.5 Å². The molecule has 2 rings (SSSR count). The maximum absolute atomic E-state index is 5.55. The molecule has 0 amide bonds. The van der Waals surface area contributed by atoms with E-state index >= 15 is 0 Å². The van der Waals surface area contributed by atoms with Crippen LogP contribution >= 0.6 is 11.8 Å². The Kier molecular flexibility index (Phi) is 5.44. The van der Waals surface area contributed by atoms with Crippen LogP contribution in [0, 0.1) is 0 Å². The van der Waals surface area contributed by atoms with Crippen LogP contribution in [-0.4, -0.2) is 24.5 Å². The van der Waals surface area contributed by atoms with E-state index in [0.717, 1.165) is 46.8 Å². The summed E-state index contributed by atoms with van der Waals surface area (Å²) in [7, 11) is 1.73. The van der Waals surface area contributed by atoms with Gasteiger partial charge in [0.25, 0.3) is 0 Å². The molecule has 19 heavy (non-hydrogen) atoms. The number of nitrogens with zero attached hydrogens (tertiary/aromatic N) is 1. The lowest BCUT2D eigenvalue weighted by atomic mass is 10.1. The van der Waals surface area contributed by atoms with E-state index in [1.807, 2.05) is 30.0 Å². The van der Waals surface area contributed by atoms with Crippen molar-refractivity contribution in [2.75, 3.05) is 24.9 Å². The number of nitrogens with one attached hydrogen (secondary N) is 1. The van der Waals surface area contributed by atoms with E-state index in [9.17, 15) is 0 Å². The van der Waals surface area contributed by atoms with Crippen molar-refractivity contribution in [2.24, 2.45) is 5.84 Å². The molecular formula is C14H19N3OS. The number of hydrazine groups is 1. The molecular weight excluding hydrogens is 258 g/mol. The molecule has 1 aromatic carbocycles. The van der Waals surface area contributed by atoms with Crippen molar-refractivity contribution in [3.63, 3.8) is 0 Å². The van der Waals surface area contributed by atoms with Gasteiger partial charge >= 0.3 is 0 Å². The summed E-state index contributed by atoms with van der Waals surface area (Å²) in [6, 6.07) is 10.2. The zero-order chi connectivity index (χ0) is 13.5. The molecule has 0 fully saturated rings. The van der Waals surface area contributed by atoms with Gasteiger partial charge in [-0.2, -0.15) is 11.8 Å². The van der Waals surface area contributed by atoms with Crippen LogP contribution in [-0.2, 0) is 10.5 Å². The minimum absolute atomic E-state index is 0.762. The number of methoxy groups -OCH3 is 1. The topological polar surface area (TPSA) is 60.2 Å². The summed E-state index contributed by atoms with van der Waals surface area (Å²) in [5.74, 6) is 8.29. The number of rotatable bonds is 7. The third kappa shape index (κ3) is 3.83. The number of aromatic nitrogens is 1. The minimum atomic E-state index is 0.762. The maximum Gasteiger partial charge on any atom is 0.144 e. The number of nitrogens with two attached hydrogens (primary N) is 1. The van der Waals surface area contributed by atoms with Gasteiger partial charge in [0.05, 0.1) is 5.52 Å². The van der Waals surface area contributed by atoms with Crippen LogP contribution in [0.5, 0.6) is 0 Å². The van der Waals surface area contributed by atoms with Gasteiger partial charge in [-0.3, -0.25) is 0 Å². The molecule has 102 valence electrons. The summed E-state index contributed by atoms with van der Waals surface area (Å²) in [5, 5.41) is 1.15. The van der Waals surface area contributed by atoms with Crippen LogP contribution in [0.15, 0.2) is 30.3 Å². The van der Waals surface area contributed by atoms with Crippen molar-refractivity contribution < 1.29 is 4.74 Å². The standard InChI is InChI=1S/C14H19N3OS/c1-18-7-4-8-19-10-12-9-11-5-2-3-6-13(11)16-14(12)17-15/h2-3,5-6,9H,4,7-8,10,15H2,1H3,(H,16,17). The van der Waals surface area contributed by atoms with Gasteiger partial charge in [-0.15, -0.1) is 0 Å². The summed E-state index contributed by atoms with van der Waals surface area (Å²) < 4.78 is 5.04. The van der Waals surface area contributed by atoms with E-state index in [-0.39, 0.29) is 0 Å². The molecule has 0 aliphatic carbocycles. The largest absolute Gasteiger partial charge is 0.385 e. The first-order valence-electron chi connectivity index (χ1n) is 6.27. The highest BCUT2D eigenvalue weighted by molar-refractivity contribution is 7.98. The van der Waals surface area contributed by atoms with Crippen molar-refractivity contribution in [2.45, 2.75) is 12.2 Å². The predicted molar refractivity (Wildman–Crippen MR) is 82.2 cm³/mol. The number of nitrogen functional groups attached to an aromatic ring is 1. The highest BCUT2D eigenvalue weighted by atomic mass is 32.2. The summed E-state index contributed by atoms with van der Waals surface area (Å²) in [5.41, 5.74) is 4.79.